The molecule has 2 rings (SSSR count). The maximum atomic E-state index is 9.73. The van der Waals surface area contributed by atoms with Gasteiger partial charge in [0.1, 0.15) is 0 Å². The maximum absolute atomic E-state index is 9.73. The number of rotatable bonds is 5. The van der Waals surface area contributed by atoms with Gasteiger partial charge >= 0.3 is 0 Å². The van der Waals surface area contributed by atoms with Crippen molar-refractivity contribution in [1.82, 2.24) is 0 Å². The standard InChI is InChI=1S/C17H21N3O2.HI/c1-3-12-5-4-6-14(9-12)20-17(18)19-11-13-7-8-16(22-2)15(21)10-13;/h4-10,21H,3,11H2,1-2H3,(H3,18,19,20);1H. The second-order valence-electron chi connectivity index (χ2n) is 4.89. The minimum absolute atomic E-state index is 0. The summed E-state index contributed by atoms with van der Waals surface area (Å²) >= 11 is 0. The lowest BCUT2D eigenvalue weighted by Gasteiger charge is -2.08. The van der Waals surface area contributed by atoms with E-state index >= 15 is 0 Å². The van der Waals surface area contributed by atoms with Crippen LogP contribution >= 0.6 is 24.0 Å². The first-order valence-corrected chi connectivity index (χ1v) is 7.14. The molecule has 0 aliphatic rings. The number of hydrogen-bond acceptors (Lipinski definition) is 3. The van der Waals surface area contributed by atoms with Crippen LogP contribution in [0.3, 0.4) is 0 Å². The summed E-state index contributed by atoms with van der Waals surface area (Å²) in [5.41, 5.74) is 8.89. The molecule has 0 amide bonds. The topological polar surface area (TPSA) is 79.9 Å². The number of nitrogens with one attached hydrogen (secondary N) is 1. The van der Waals surface area contributed by atoms with Crippen molar-refractivity contribution in [2.45, 2.75) is 19.9 Å². The molecule has 0 fully saturated rings. The molecule has 0 aromatic heterocycles. The third-order valence-corrected chi connectivity index (χ3v) is 3.28. The first-order valence-electron chi connectivity index (χ1n) is 7.14. The molecule has 0 radical (unpaired) electrons. The van der Waals surface area contributed by atoms with Crippen LogP contribution in [0.5, 0.6) is 11.5 Å². The summed E-state index contributed by atoms with van der Waals surface area (Å²) in [6.07, 6.45) is 0.970. The Labute approximate surface area is 153 Å². The second kappa shape index (κ2) is 9.24. The van der Waals surface area contributed by atoms with Crippen molar-refractivity contribution >= 4 is 35.6 Å². The van der Waals surface area contributed by atoms with Crippen molar-refractivity contribution in [2.75, 3.05) is 12.4 Å². The lowest BCUT2D eigenvalue weighted by atomic mass is 10.1. The largest absolute Gasteiger partial charge is 0.504 e. The molecule has 0 spiro atoms. The van der Waals surface area contributed by atoms with Crippen LogP contribution in [0.4, 0.5) is 5.69 Å². The molecule has 0 aliphatic heterocycles. The average molecular weight is 427 g/mol. The lowest BCUT2D eigenvalue weighted by Crippen LogP contribution is -2.22. The van der Waals surface area contributed by atoms with Crippen LogP contribution in [0.15, 0.2) is 47.5 Å². The van der Waals surface area contributed by atoms with E-state index < -0.39 is 0 Å². The van der Waals surface area contributed by atoms with E-state index in [1.165, 1.54) is 12.7 Å². The Hall–Kier alpha value is -1.96. The summed E-state index contributed by atoms with van der Waals surface area (Å²) in [6.45, 7) is 2.48. The highest BCUT2D eigenvalue weighted by atomic mass is 127. The number of phenolic OH excluding ortho intramolecular Hbond substituents is 1. The number of hydrogen-bond donors (Lipinski definition) is 3. The van der Waals surface area contributed by atoms with Crippen LogP contribution in [-0.2, 0) is 13.0 Å². The average Bonchev–Trinajstić information content (AvgIpc) is 2.53. The molecule has 0 aliphatic carbocycles. The number of anilines is 1. The van der Waals surface area contributed by atoms with Crippen LogP contribution in [0.1, 0.15) is 18.1 Å². The van der Waals surface area contributed by atoms with E-state index in [2.05, 4.69) is 23.3 Å². The number of halogens is 1. The summed E-state index contributed by atoms with van der Waals surface area (Å²) in [6, 6.07) is 13.2. The molecule has 2 aromatic rings. The first-order chi connectivity index (χ1) is 10.6. The number of aryl methyl sites for hydroxylation is 1. The zero-order valence-electron chi connectivity index (χ0n) is 13.2. The Balaban J connectivity index is 0.00000264. The van der Waals surface area contributed by atoms with Crippen LogP contribution in [-0.4, -0.2) is 18.2 Å². The Bertz CT molecular complexity index is 675. The van der Waals surface area contributed by atoms with Crippen LogP contribution < -0.4 is 15.8 Å². The number of methoxy groups -OCH3 is 1. The predicted molar refractivity (Wildman–Crippen MR) is 105 cm³/mol. The fourth-order valence-corrected chi connectivity index (χ4v) is 2.07. The molecule has 0 heterocycles. The number of benzene rings is 2. The number of aliphatic imine (C=N–C) groups is 1. The monoisotopic (exact) mass is 427 g/mol. The summed E-state index contributed by atoms with van der Waals surface area (Å²) in [7, 11) is 1.51. The molecule has 124 valence electrons. The van der Waals surface area contributed by atoms with E-state index in [4.69, 9.17) is 10.5 Å². The summed E-state index contributed by atoms with van der Waals surface area (Å²) in [5, 5.41) is 12.8. The minimum atomic E-state index is 0. The van der Waals surface area contributed by atoms with Crippen molar-refractivity contribution in [3.8, 4) is 11.5 Å². The number of guanidine groups is 1. The third kappa shape index (κ3) is 5.63. The molecule has 0 unspecified atom stereocenters. The van der Waals surface area contributed by atoms with Crippen molar-refractivity contribution in [3.63, 3.8) is 0 Å². The van der Waals surface area contributed by atoms with Crippen molar-refractivity contribution in [2.24, 2.45) is 10.7 Å². The van der Waals surface area contributed by atoms with Gasteiger partial charge in [0.05, 0.1) is 13.7 Å². The highest BCUT2D eigenvalue weighted by Gasteiger charge is 2.02. The van der Waals surface area contributed by atoms with Crippen LogP contribution in [0, 0.1) is 0 Å². The zero-order chi connectivity index (χ0) is 15.9. The molecule has 23 heavy (non-hydrogen) atoms. The molecule has 6 heteroatoms. The van der Waals surface area contributed by atoms with Gasteiger partial charge in [0.25, 0.3) is 0 Å². The number of nitrogens with zero attached hydrogens (tertiary/aromatic N) is 1. The second-order valence-corrected chi connectivity index (χ2v) is 4.89. The van der Waals surface area contributed by atoms with E-state index in [0.29, 0.717) is 18.3 Å². The first kappa shape index (κ1) is 19.1. The lowest BCUT2D eigenvalue weighted by molar-refractivity contribution is 0.373. The third-order valence-electron chi connectivity index (χ3n) is 3.28. The number of aromatic hydroxyl groups is 1. The van der Waals surface area contributed by atoms with Gasteiger partial charge in [0, 0.05) is 5.69 Å². The van der Waals surface area contributed by atoms with Crippen molar-refractivity contribution in [1.29, 1.82) is 0 Å². The Kier molecular flexibility index (Phi) is 7.67. The minimum Gasteiger partial charge on any atom is -0.504 e. The number of nitrogens with two attached hydrogens (primary N) is 1. The SMILES string of the molecule is CCc1cccc(NC(N)=NCc2ccc(OC)c(O)c2)c1.I. The van der Waals surface area contributed by atoms with Gasteiger partial charge < -0.3 is 20.9 Å². The molecule has 0 saturated heterocycles. The van der Waals surface area contributed by atoms with Gasteiger partial charge in [-0.05, 0) is 41.8 Å². The Morgan fingerprint density at radius 3 is 2.65 bits per heavy atom. The van der Waals surface area contributed by atoms with Gasteiger partial charge in [0.15, 0.2) is 17.5 Å². The molecule has 0 bridgehead atoms. The quantitative estimate of drug-likeness (QED) is 0.388. The van der Waals surface area contributed by atoms with Gasteiger partial charge in [-0.2, -0.15) is 0 Å². The van der Waals surface area contributed by atoms with Gasteiger partial charge in [-0.1, -0.05) is 25.1 Å². The molecular weight excluding hydrogens is 405 g/mol. The Morgan fingerprint density at radius 1 is 1.22 bits per heavy atom. The molecule has 2 aromatic carbocycles. The smallest absolute Gasteiger partial charge is 0.193 e. The maximum Gasteiger partial charge on any atom is 0.193 e. The summed E-state index contributed by atoms with van der Waals surface area (Å²) < 4.78 is 5.00. The number of ether oxygens (including phenoxy) is 1. The summed E-state index contributed by atoms with van der Waals surface area (Å²) in [5.74, 6) is 0.871. The van der Waals surface area contributed by atoms with Gasteiger partial charge in [-0.25, -0.2) is 4.99 Å². The highest BCUT2D eigenvalue weighted by molar-refractivity contribution is 14.0. The van der Waals surface area contributed by atoms with Crippen molar-refractivity contribution < 1.29 is 9.84 Å². The van der Waals surface area contributed by atoms with Gasteiger partial charge in [-0.3, -0.25) is 0 Å². The van der Waals surface area contributed by atoms with Gasteiger partial charge in [-0.15, -0.1) is 24.0 Å². The molecule has 5 nitrogen and oxygen atoms in total. The Morgan fingerprint density at radius 2 is 2.00 bits per heavy atom. The van der Waals surface area contributed by atoms with E-state index in [9.17, 15) is 5.11 Å². The van der Waals surface area contributed by atoms with E-state index in [-0.39, 0.29) is 29.7 Å². The van der Waals surface area contributed by atoms with Crippen molar-refractivity contribution in [3.05, 3.63) is 53.6 Å². The number of phenols is 1. The zero-order valence-corrected chi connectivity index (χ0v) is 15.6. The highest BCUT2D eigenvalue weighted by Crippen LogP contribution is 2.26. The normalized spacial score (nSPS) is 10.8. The summed E-state index contributed by atoms with van der Waals surface area (Å²) in [4.78, 5) is 4.27. The van der Waals surface area contributed by atoms with Crippen LogP contribution in [0.2, 0.25) is 0 Å². The van der Waals surface area contributed by atoms with E-state index in [0.717, 1.165) is 17.7 Å². The van der Waals surface area contributed by atoms with Crippen LogP contribution in [0.25, 0.3) is 0 Å². The van der Waals surface area contributed by atoms with E-state index in [1.807, 2.05) is 24.3 Å². The molecule has 0 atom stereocenters. The van der Waals surface area contributed by atoms with E-state index in [1.54, 1.807) is 12.1 Å². The fraction of sp³-hybridized carbons (Fsp3) is 0.235. The fourth-order valence-electron chi connectivity index (χ4n) is 2.07. The predicted octanol–water partition coefficient (Wildman–Crippen LogP) is 3.51. The molecular formula is C17H22IN3O2. The molecule has 0 saturated carbocycles. The molecule has 4 N–H and O–H groups in total. The van der Waals surface area contributed by atoms with Gasteiger partial charge in [0.2, 0.25) is 0 Å².